The molecular weight excluding hydrogens is 353 g/mol. The number of hydrogen-bond acceptors (Lipinski definition) is 0. The Labute approximate surface area is 168 Å². The van der Waals surface area contributed by atoms with Crippen molar-refractivity contribution in [2.24, 2.45) is 5.92 Å². The number of nitrogens with one attached hydrogen (secondary N) is 1. The smallest absolute Gasteiger partial charge is 0 e. The number of rotatable bonds is 0. The van der Waals surface area contributed by atoms with Crippen LogP contribution in [0.3, 0.4) is 0 Å². The number of allylic oxidation sites excluding steroid dienone is 4. The maximum Gasteiger partial charge on any atom is 0 e. The van der Waals surface area contributed by atoms with Gasteiger partial charge in [-0.15, -0.1) is 37.3 Å². The fraction of sp³-hybridized carbons (Fsp3) is 0.500. The van der Waals surface area contributed by atoms with Crippen LogP contribution in [0.25, 0.3) is 5.73 Å². The van der Waals surface area contributed by atoms with Crippen molar-refractivity contribution in [3.05, 3.63) is 58.7 Å². The van der Waals surface area contributed by atoms with Gasteiger partial charge in [-0.25, -0.2) is 11.1 Å². The molecular formula is C16H38Cl2NSiTi-6. The van der Waals surface area contributed by atoms with Crippen LogP contribution in [0.15, 0.2) is 17.2 Å². The Bertz CT molecular complexity index is 213. The fourth-order valence-electron chi connectivity index (χ4n) is 0.997. The van der Waals surface area contributed by atoms with Crippen molar-refractivity contribution in [3.8, 4) is 0 Å². The van der Waals surface area contributed by atoms with E-state index in [0.717, 1.165) is 0 Å². The molecule has 21 heavy (non-hydrogen) atoms. The summed E-state index contributed by atoms with van der Waals surface area (Å²) in [6.45, 7) is 12.0. The molecule has 135 valence electrons. The molecule has 0 spiro atoms. The minimum Gasteiger partial charge on any atom is -0.673 e. The van der Waals surface area contributed by atoms with Crippen LogP contribution in [-0.2, 0) is 21.7 Å². The van der Waals surface area contributed by atoms with E-state index in [2.05, 4.69) is 32.9 Å². The van der Waals surface area contributed by atoms with Gasteiger partial charge in [-0.2, -0.15) is 6.08 Å². The van der Waals surface area contributed by atoms with E-state index >= 15 is 0 Å². The molecule has 1 atom stereocenters. The van der Waals surface area contributed by atoms with E-state index in [1.807, 2.05) is 20.8 Å². The monoisotopic (exact) mass is 390 g/mol. The zero-order valence-corrected chi connectivity index (χ0v) is 21.2. The molecule has 0 aromatic heterocycles. The van der Waals surface area contributed by atoms with E-state index in [4.69, 9.17) is 5.73 Å². The quantitative estimate of drug-likeness (QED) is 0.378. The van der Waals surface area contributed by atoms with Gasteiger partial charge in [-0.05, 0) is 11.0 Å². The molecule has 1 aliphatic rings. The van der Waals surface area contributed by atoms with Crippen LogP contribution in [0.1, 0.15) is 41.5 Å². The van der Waals surface area contributed by atoms with E-state index in [-0.39, 0.29) is 92.7 Å². The van der Waals surface area contributed by atoms with Gasteiger partial charge in [-0.1, -0.05) is 40.5 Å². The van der Waals surface area contributed by atoms with Crippen molar-refractivity contribution in [3.63, 3.8) is 0 Å². The molecule has 0 fully saturated rings. The van der Waals surface area contributed by atoms with Crippen molar-refractivity contribution in [1.29, 1.82) is 0 Å². The Kier molecular flexibility index (Phi) is 70.8. The molecule has 0 aromatic rings. The maximum atomic E-state index is 6.94. The van der Waals surface area contributed by atoms with Crippen LogP contribution in [-0.4, -0.2) is 16.5 Å². The van der Waals surface area contributed by atoms with E-state index in [1.54, 1.807) is 0 Å². The molecule has 0 saturated heterocycles. The van der Waals surface area contributed by atoms with Gasteiger partial charge in [-0.3, -0.25) is 6.08 Å². The fourth-order valence-corrected chi connectivity index (χ4v) is 0.997. The van der Waals surface area contributed by atoms with Crippen molar-refractivity contribution in [2.45, 2.75) is 47.1 Å². The third kappa shape index (κ3) is 44.9. The molecule has 1 radical (unpaired) electrons. The third-order valence-electron chi connectivity index (χ3n) is 1.54. The Morgan fingerprint density at radius 3 is 1.29 bits per heavy atom. The minimum absolute atomic E-state index is 0. The van der Waals surface area contributed by atoms with Crippen LogP contribution in [0.4, 0.5) is 0 Å². The summed E-state index contributed by atoms with van der Waals surface area (Å²) in [7, 11) is 0. The van der Waals surface area contributed by atoms with E-state index in [9.17, 15) is 0 Å². The molecule has 1 unspecified atom stereocenters. The summed E-state index contributed by atoms with van der Waals surface area (Å²) in [5.74, 6) is 0.551. The molecule has 1 nitrogen and oxygen atoms in total. The van der Waals surface area contributed by atoms with E-state index in [0.29, 0.717) is 5.92 Å². The minimum atomic E-state index is -0.250. The first-order valence-corrected chi connectivity index (χ1v) is 4.74. The van der Waals surface area contributed by atoms with Crippen LogP contribution in [0.5, 0.6) is 0 Å². The second kappa shape index (κ2) is 25.9. The van der Waals surface area contributed by atoms with Gasteiger partial charge < -0.3 is 35.4 Å². The SMILES string of the molecule is CC(C)(C)[NH-].CC1=[C-]C(C)C=C1C.Cl.Cl.[CH3-].[CH3-].[CH3-].[CH3-].[SiH3].[Ti]. The van der Waals surface area contributed by atoms with Crippen molar-refractivity contribution in [1.82, 2.24) is 0 Å². The zero-order chi connectivity index (χ0) is 10.6. The Morgan fingerprint density at radius 1 is 1.00 bits per heavy atom. The maximum absolute atomic E-state index is 6.94. The number of halogens is 2. The summed E-state index contributed by atoms with van der Waals surface area (Å²) >= 11 is 0. The van der Waals surface area contributed by atoms with Crippen LogP contribution < -0.4 is 0 Å². The average Bonchev–Trinajstić information content (AvgIpc) is 2.05. The molecule has 0 bridgehead atoms. The predicted octanol–water partition coefficient (Wildman–Crippen LogP) is 5.63. The standard InChI is InChI=1S/C8H11.C4H10N.4CH3.2ClH.H3Si.Ti/c1-6-4-7(2)8(3)5-6;1-4(2,3)5;;;;;;;;/h4,6H,1-3H3;5H,1-3H3;4*1H3;2*1H;1H3;/q6*-1;;;;. The van der Waals surface area contributed by atoms with Gasteiger partial charge in [0.1, 0.15) is 0 Å². The van der Waals surface area contributed by atoms with Gasteiger partial charge >= 0.3 is 0 Å². The summed E-state index contributed by atoms with van der Waals surface area (Å²) in [6.07, 6.45) is 5.52. The van der Waals surface area contributed by atoms with Gasteiger partial charge in [0.2, 0.25) is 0 Å². The van der Waals surface area contributed by atoms with Crippen molar-refractivity contribution in [2.75, 3.05) is 0 Å². The topological polar surface area (TPSA) is 23.8 Å². The molecule has 0 aromatic carbocycles. The van der Waals surface area contributed by atoms with Crippen LogP contribution >= 0.6 is 24.8 Å². The predicted molar refractivity (Wildman–Crippen MR) is 110 cm³/mol. The largest absolute Gasteiger partial charge is 0.673 e. The van der Waals surface area contributed by atoms with Gasteiger partial charge in [0, 0.05) is 21.7 Å². The molecule has 1 aliphatic carbocycles. The molecule has 1 rings (SSSR count). The van der Waals surface area contributed by atoms with Crippen LogP contribution in [0, 0.1) is 41.7 Å². The zero-order valence-electron chi connectivity index (χ0n) is 16.0. The van der Waals surface area contributed by atoms with Crippen molar-refractivity contribution < 1.29 is 21.7 Å². The summed E-state index contributed by atoms with van der Waals surface area (Å²) in [5.41, 5.74) is 9.39. The first kappa shape index (κ1) is 57.4. The van der Waals surface area contributed by atoms with Gasteiger partial charge in [0.25, 0.3) is 0 Å². The molecule has 0 amide bonds. The molecule has 1 N–H and O–H groups in total. The van der Waals surface area contributed by atoms with Crippen LogP contribution in [0.2, 0.25) is 0 Å². The first-order chi connectivity index (χ1) is 5.70. The molecule has 0 saturated carbocycles. The van der Waals surface area contributed by atoms with Crippen molar-refractivity contribution >= 4 is 35.8 Å². The van der Waals surface area contributed by atoms with Gasteiger partial charge in [0.15, 0.2) is 0 Å². The Hall–Kier alpha value is 0.951. The second-order valence-corrected chi connectivity index (χ2v) is 4.66. The summed E-state index contributed by atoms with van der Waals surface area (Å²) in [4.78, 5) is 0. The van der Waals surface area contributed by atoms with E-state index in [1.165, 1.54) is 11.1 Å². The Morgan fingerprint density at radius 2 is 1.24 bits per heavy atom. The average molecular weight is 391 g/mol. The molecule has 5 heteroatoms. The summed E-state index contributed by atoms with van der Waals surface area (Å²) in [5, 5.41) is 0. The third-order valence-corrected chi connectivity index (χ3v) is 1.54. The van der Waals surface area contributed by atoms with Gasteiger partial charge in [0.05, 0.1) is 0 Å². The number of hydrogen-bond donors (Lipinski definition) is 0. The molecule has 0 aliphatic heterocycles. The second-order valence-electron chi connectivity index (χ2n) is 4.66. The Balaban J connectivity index is -0.0000000148. The summed E-state index contributed by atoms with van der Waals surface area (Å²) in [6, 6.07) is 0. The summed E-state index contributed by atoms with van der Waals surface area (Å²) < 4.78 is 0. The normalized spacial score (nSPS) is 13.4. The van der Waals surface area contributed by atoms with E-state index < -0.39 is 0 Å². The molecule has 0 heterocycles. The first-order valence-electron chi connectivity index (χ1n) is 4.74.